The van der Waals surface area contributed by atoms with Crippen molar-refractivity contribution in [2.75, 3.05) is 58.5 Å². The molecular weight excluding hydrogens is 809 g/mol. The number of carboxylic acids is 1. The van der Waals surface area contributed by atoms with Gasteiger partial charge in [-0.15, -0.1) is 0 Å². The minimum Gasteiger partial charge on any atom is -0.478 e. The number of fused-ring (bicyclic) bond motifs is 3. The summed E-state index contributed by atoms with van der Waals surface area (Å²) in [7, 11) is 7.78. The van der Waals surface area contributed by atoms with Crippen LogP contribution in [0.3, 0.4) is 0 Å². The number of carbonyl (C=O) groups is 5. The number of unbranched alkanes of at least 4 members (excludes halogenated alkanes) is 4. The van der Waals surface area contributed by atoms with Crippen molar-refractivity contribution in [3.8, 4) is 22.5 Å². The number of benzene rings is 3. The molecule has 3 heterocycles. The predicted octanol–water partition coefficient (Wildman–Crippen LogP) is 4.36. The maximum atomic E-state index is 13.2. The summed E-state index contributed by atoms with van der Waals surface area (Å²) in [6, 6.07) is 16.2. The van der Waals surface area contributed by atoms with Crippen molar-refractivity contribution >= 4 is 58.1 Å². The van der Waals surface area contributed by atoms with E-state index >= 15 is 0 Å². The molecule has 2 aromatic carbocycles. The number of anilines is 1. The first-order valence-electron chi connectivity index (χ1n) is 21.6. The van der Waals surface area contributed by atoms with Gasteiger partial charge in [-0.3, -0.25) is 14.4 Å². The quantitative estimate of drug-likeness (QED) is 0.0272. The summed E-state index contributed by atoms with van der Waals surface area (Å²) in [5.41, 5.74) is 9.88. The average Bonchev–Trinajstić information content (AvgIpc) is 3.81. The van der Waals surface area contributed by atoms with Crippen LogP contribution in [0, 0.1) is 0 Å². The smallest absolute Gasteiger partial charge is 0.336 e. The third kappa shape index (κ3) is 11.6. The van der Waals surface area contributed by atoms with Gasteiger partial charge in [0.1, 0.15) is 25.4 Å². The highest BCUT2D eigenvalue weighted by molar-refractivity contribution is 8.00. The second-order valence-corrected chi connectivity index (χ2v) is 17.9. The van der Waals surface area contributed by atoms with Crippen LogP contribution < -0.4 is 47.2 Å². The van der Waals surface area contributed by atoms with Crippen molar-refractivity contribution < 1.29 is 33.5 Å². The maximum absolute atomic E-state index is 13.2. The monoisotopic (exact) mass is 869 g/mol. The van der Waals surface area contributed by atoms with Crippen LogP contribution in [-0.2, 0) is 9.59 Å². The normalized spacial score (nSPS) is 17.2. The van der Waals surface area contributed by atoms with Gasteiger partial charge < -0.3 is 46.7 Å². The van der Waals surface area contributed by atoms with Crippen molar-refractivity contribution in [3.05, 3.63) is 71.1 Å². The Balaban J connectivity index is 0.890. The minimum atomic E-state index is -1.15. The molecule has 0 aromatic heterocycles. The molecule has 0 radical (unpaired) electrons. The fourth-order valence-corrected chi connectivity index (χ4v) is 9.62. The van der Waals surface area contributed by atoms with Gasteiger partial charge in [-0.05, 0) is 87.3 Å². The summed E-state index contributed by atoms with van der Waals surface area (Å²) in [5, 5.41) is 27.2. The summed E-state index contributed by atoms with van der Waals surface area (Å²) >= 11 is 1.88. The zero-order chi connectivity index (χ0) is 44.3. The van der Waals surface area contributed by atoms with Gasteiger partial charge in [0.15, 0.2) is 0 Å². The van der Waals surface area contributed by atoms with E-state index < -0.39 is 12.0 Å². The van der Waals surface area contributed by atoms with Gasteiger partial charge in [0.05, 0.1) is 29.8 Å². The van der Waals surface area contributed by atoms with Crippen LogP contribution >= 0.6 is 11.8 Å². The molecule has 3 aliphatic heterocycles. The molecule has 8 N–H and O–H groups in total. The molecule has 4 atom stereocenters. The summed E-state index contributed by atoms with van der Waals surface area (Å²) in [6.45, 7) is 1.41. The van der Waals surface area contributed by atoms with Crippen LogP contribution in [0.4, 0.5) is 10.5 Å². The molecule has 0 bridgehead atoms. The lowest BCUT2D eigenvalue weighted by Gasteiger charge is -2.19. The number of aromatic carboxylic acids is 1. The number of hydrogen-bond donors (Lipinski definition) is 7. The summed E-state index contributed by atoms with van der Waals surface area (Å²) in [5.74, 6) is -0.142. The summed E-state index contributed by atoms with van der Waals surface area (Å²) in [4.78, 5) is 64.3. The van der Waals surface area contributed by atoms with Crippen LogP contribution in [0.5, 0.6) is 0 Å². The molecule has 0 spiro atoms. The molecule has 5 amide bonds. The predicted molar refractivity (Wildman–Crippen MR) is 245 cm³/mol. The summed E-state index contributed by atoms with van der Waals surface area (Å²) in [6.07, 6.45) is 7.34. The highest BCUT2D eigenvalue weighted by Crippen LogP contribution is 2.42. The first-order valence-corrected chi connectivity index (χ1v) is 22.7. The second kappa shape index (κ2) is 21.5. The molecular formula is C46H61N8O7S+. The Morgan fingerprint density at radius 2 is 1.63 bits per heavy atom. The zero-order valence-electron chi connectivity index (χ0n) is 36.2. The first kappa shape index (κ1) is 45.9. The maximum Gasteiger partial charge on any atom is 0.336 e. The Kier molecular flexibility index (Phi) is 15.9. The fraction of sp³-hybridized carbons (Fsp3) is 0.478. The Bertz CT molecular complexity index is 2310. The number of nitrogens with one attached hydrogen (secondary N) is 5. The lowest BCUT2D eigenvalue weighted by Crippen LogP contribution is -2.41. The number of nitrogens with two attached hydrogens (primary N) is 1. The van der Waals surface area contributed by atoms with Crippen LogP contribution in [-0.4, -0.2) is 112 Å². The van der Waals surface area contributed by atoms with Gasteiger partial charge in [-0.2, -0.15) is 11.8 Å². The molecule has 16 heteroatoms. The molecule has 62 heavy (non-hydrogen) atoms. The van der Waals surface area contributed by atoms with E-state index in [2.05, 4.69) is 26.6 Å². The molecule has 2 fully saturated rings. The number of amides is 5. The minimum absolute atomic E-state index is 0.00997. The molecule has 1 aliphatic carbocycles. The van der Waals surface area contributed by atoms with Gasteiger partial charge in [0.2, 0.25) is 17.2 Å². The van der Waals surface area contributed by atoms with Gasteiger partial charge in [-0.1, -0.05) is 12.5 Å². The summed E-state index contributed by atoms with van der Waals surface area (Å²) < 4.78 is 8.38. The largest absolute Gasteiger partial charge is 0.478 e. The van der Waals surface area contributed by atoms with E-state index in [1.807, 2.05) is 85.8 Å². The van der Waals surface area contributed by atoms with Crippen LogP contribution in [0.1, 0.15) is 84.9 Å². The molecule has 6 rings (SSSR count). The molecule has 332 valence electrons. The van der Waals surface area contributed by atoms with E-state index in [-0.39, 0.29) is 47.0 Å². The number of hydrogen-bond acceptors (Lipinski definition) is 9. The van der Waals surface area contributed by atoms with Crippen molar-refractivity contribution in [1.82, 2.24) is 31.2 Å². The number of carbonyl (C=O) groups excluding carboxylic acids is 4. The van der Waals surface area contributed by atoms with Crippen molar-refractivity contribution in [1.29, 1.82) is 0 Å². The zero-order valence-corrected chi connectivity index (χ0v) is 37.0. The Morgan fingerprint density at radius 1 is 0.887 bits per heavy atom. The van der Waals surface area contributed by atoms with E-state index in [1.165, 1.54) is 6.07 Å². The van der Waals surface area contributed by atoms with Crippen molar-refractivity contribution in [2.45, 2.75) is 87.6 Å². The van der Waals surface area contributed by atoms with Crippen molar-refractivity contribution in [2.24, 2.45) is 5.73 Å². The van der Waals surface area contributed by atoms with Gasteiger partial charge in [0, 0.05) is 91.0 Å². The van der Waals surface area contributed by atoms with E-state index in [9.17, 15) is 29.1 Å². The van der Waals surface area contributed by atoms with Crippen LogP contribution in [0.2, 0.25) is 0 Å². The Hall–Kier alpha value is -5.61. The highest BCUT2D eigenvalue weighted by atomic mass is 32.2. The fourth-order valence-electron chi connectivity index (χ4n) is 8.08. The third-order valence-electron chi connectivity index (χ3n) is 11.6. The SMILES string of the molecule is CN(C)c1ccc2c(-c3ccc(C(=O)NCCCCCNC(=O)[C@@H](N)CCCCNC(=O)CCCC[C@@H]4SC[C@@H]5NC(=O)N[C@@H]54)cc3C(=O)O)c3ccc(=[N+](C)C)cc-3oc2c1. The number of urea groups is 1. The van der Waals surface area contributed by atoms with Crippen LogP contribution in [0.25, 0.3) is 33.4 Å². The topological polar surface area (TPSA) is 211 Å². The average molecular weight is 870 g/mol. The highest BCUT2D eigenvalue weighted by Gasteiger charge is 2.42. The van der Waals surface area contributed by atoms with E-state index in [1.54, 1.807) is 12.1 Å². The van der Waals surface area contributed by atoms with E-state index in [0.717, 1.165) is 66.3 Å². The first-order chi connectivity index (χ1) is 29.8. The van der Waals surface area contributed by atoms with Gasteiger partial charge >= 0.3 is 12.0 Å². The molecule has 0 unspecified atom stereocenters. The molecule has 4 aliphatic rings. The lowest BCUT2D eigenvalue weighted by atomic mass is 9.89. The Morgan fingerprint density at radius 3 is 2.39 bits per heavy atom. The second-order valence-electron chi connectivity index (χ2n) is 16.6. The lowest BCUT2D eigenvalue weighted by molar-refractivity contribution is -0.123. The third-order valence-corrected chi connectivity index (χ3v) is 13.1. The van der Waals surface area contributed by atoms with E-state index in [4.69, 9.17) is 10.2 Å². The number of rotatable bonds is 21. The Labute approximate surface area is 367 Å². The van der Waals surface area contributed by atoms with Crippen molar-refractivity contribution in [3.63, 3.8) is 0 Å². The van der Waals surface area contributed by atoms with E-state index in [0.29, 0.717) is 73.0 Å². The van der Waals surface area contributed by atoms with Gasteiger partial charge in [-0.25, -0.2) is 14.2 Å². The number of nitrogens with zero attached hydrogens (tertiary/aromatic N) is 2. The van der Waals surface area contributed by atoms with Crippen LogP contribution in [0.15, 0.2) is 59.0 Å². The molecule has 2 aromatic rings. The molecule has 15 nitrogen and oxygen atoms in total. The van der Waals surface area contributed by atoms with Gasteiger partial charge in [0.25, 0.3) is 5.91 Å². The molecule has 2 saturated heterocycles. The number of thioether (sulfide) groups is 1. The molecule has 0 saturated carbocycles. The standard InChI is InChI=1S/C46H60N8O7S/c1-53(2)29-16-19-32-37(25-29)61-38-26-30(54(3)4)17-20-33(38)41(32)31-18-15-28(24-34(31)45(58)59)43(56)49-22-9-5-10-23-50-44(57)35(47)12-8-11-21-48-40(55)14-7-6-13-39-42-36(27-62-39)51-46(60)52-42/h15-20,24-26,35-36,39,42H,5-14,21-23,27,47H2,1-4H3,(H5-,48,49,50,51,52,55,56,57,58,59,60)/p+1/t35-,36-,39-,42-/m0/s1. The number of carboxylic acid groups (broad SMARTS) is 1.